The standard InChI is InChI=1S/2C24H21.C2H7Si.Hf/c2*1-16-12-13-22(18(3)17(16)2)23-11-7-10-20-14-21(15-24(20)23)19-8-5-4-6-9-19;1-3-2;/h2*4-15H,1-3H3;3H,1-2H3;. The number of hydrogen-bond acceptors (Lipinski definition) is 0. The van der Waals surface area contributed by atoms with Crippen LogP contribution < -0.4 is 0 Å². The van der Waals surface area contributed by atoms with E-state index in [-0.39, 0.29) is 0 Å². The third-order valence-electron chi connectivity index (χ3n) is 12.4. The number of hydrogen-bond donors (Lipinski definition) is 0. The summed E-state index contributed by atoms with van der Waals surface area (Å²) in [6, 6.07) is 46.6. The van der Waals surface area contributed by atoms with Gasteiger partial charge in [0.05, 0.1) is 0 Å². The van der Waals surface area contributed by atoms with Crippen LogP contribution in [0.2, 0.25) is 13.1 Å². The number of aryl methyl sites for hydroxylation is 2. The van der Waals surface area contributed by atoms with E-state index in [2.05, 4.69) is 188 Å². The van der Waals surface area contributed by atoms with Crippen LogP contribution in [0.25, 0.3) is 45.6 Å². The summed E-state index contributed by atoms with van der Waals surface area (Å²) in [7, 11) is 0. The van der Waals surface area contributed by atoms with Gasteiger partial charge >= 0.3 is 322 Å². The normalized spacial score (nSPS) is 16.1. The Morgan fingerprint density at radius 3 is 1.19 bits per heavy atom. The first-order chi connectivity index (χ1) is 25.2. The van der Waals surface area contributed by atoms with E-state index in [0.717, 1.165) is 0 Å². The average molecular weight is 857 g/mol. The molecule has 6 aromatic carbocycles. The van der Waals surface area contributed by atoms with Gasteiger partial charge in [-0.15, -0.1) is 0 Å². The van der Waals surface area contributed by atoms with Crippen molar-refractivity contribution >= 4 is 29.3 Å². The molecule has 2 heteroatoms. The van der Waals surface area contributed by atoms with Crippen molar-refractivity contribution in [1.82, 2.24) is 0 Å². The fourth-order valence-electron chi connectivity index (χ4n) is 9.08. The first kappa shape index (κ1) is 34.9. The van der Waals surface area contributed by atoms with Gasteiger partial charge in [0.25, 0.3) is 0 Å². The van der Waals surface area contributed by atoms with Gasteiger partial charge in [0, 0.05) is 0 Å². The van der Waals surface area contributed by atoms with Crippen LogP contribution in [0.15, 0.2) is 121 Å². The van der Waals surface area contributed by atoms with Crippen molar-refractivity contribution in [3.05, 3.63) is 188 Å². The van der Waals surface area contributed by atoms with Crippen molar-refractivity contribution in [3.63, 3.8) is 0 Å². The van der Waals surface area contributed by atoms with Gasteiger partial charge < -0.3 is 0 Å². The van der Waals surface area contributed by atoms with Crippen molar-refractivity contribution in [3.8, 4) is 22.3 Å². The Kier molecular flexibility index (Phi) is 9.43. The number of allylic oxidation sites excluding steroid dienone is 2. The predicted molar refractivity (Wildman–Crippen MR) is 225 cm³/mol. The van der Waals surface area contributed by atoms with Crippen molar-refractivity contribution in [1.29, 1.82) is 0 Å². The third kappa shape index (κ3) is 5.83. The van der Waals surface area contributed by atoms with Crippen molar-refractivity contribution in [2.24, 2.45) is 0 Å². The SMILES string of the molecule is Cc1ccc(-c2cccc3c2C=C(c2ccccc2)[CH]3[Hf]([CH]2C(c3ccccc3)=Cc3c(-c4ccc(C)c(C)c4C)cccc32)[SiH](C)C)c(C)c1C. The van der Waals surface area contributed by atoms with E-state index < -0.39 is 26.6 Å². The Balaban J connectivity index is 1.37. The molecular formula is C50H49HfSi. The van der Waals surface area contributed by atoms with E-state index in [1.807, 2.05) is 0 Å². The van der Waals surface area contributed by atoms with Gasteiger partial charge in [0.1, 0.15) is 0 Å². The molecule has 0 spiro atoms. The molecule has 52 heavy (non-hydrogen) atoms. The van der Waals surface area contributed by atoms with Crippen LogP contribution in [0, 0.1) is 41.5 Å². The Morgan fingerprint density at radius 1 is 0.404 bits per heavy atom. The number of fused-ring (bicyclic) bond motifs is 2. The predicted octanol–water partition coefficient (Wildman–Crippen LogP) is 13.4. The van der Waals surface area contributed by atoms with Gasteiger partial charge in [-0.1, -0.05) is 0 Å². The second-order valence-corrected chi connectivity index (χ2v) is 43.4. The molecule has 0 nitrogen and oxygen atoms in total. The quantitative estimate of drug-likeness (QED) is 0.140. The number of benzene rings is 6. The molecule has 0 N–H and O–H groups in total. The Labute approximate surface area is 320 Å². The van der Waals surface area contributed by atoms with E-state index in [0.29, 0.717) is 7.35 Å². The summed E-state index contributed by atoms with van der Waals surface area (Å²) in [4.78, 5) is 0. The van der Waals surface area contributed by atoms with Gasteiger partial charge in [-0.05, 0) is 0 Å². The molecule has 2 unspecified atom stereocenters. The van der Waals surface area contributed by atoms with E-state index in [9.17, 15) is 0 Å². The summed E-state index contributed by atoms with van der Waals surface area (Å²) in [5.74, 6) is -1.13. The summed E-state index contributed by atoms with van der Waals surface area (Å²) < 4.78 is 0.992. The van der Waals surface area contributed by atoms with E-state index in [1.165, 1.54) is 77.9 Å². The molecule has 2 aliphatic rings. The summed E-state index contributed by atoms with van der Waals surface area (Å²) >= 11 is -2.74. The second kappa shape index (κ2) is 14.0. The van der Waals surface area contributed by atoms with Crippen molar-refractivity contribution in [2.45, 2.75) is 62.0 Å². The zero-order valence-electron chi connectivity index (χ0n) is 31.9. The second-order valence-electron chi connectivity index (χ2n) is 15.4. The zero-order chi connectivity index (χ0) is 36.3. The molecule has 0 aliphatic heterocycles. The van der Waals surface area contributed by atoms with Crippen LogP contribution >= 0.6 is 0 Å². The fraction of sp³-hybridized carbons (Fsp3) is 0.200. The molecule has 8 rings (SSSR count). The van der Waals surface area contributed by atoms with Gasteiger partial charge in [0.2, 0.25) is 0 Å². The molecule has 0 aromatic heterocycles. The Bertz CT molecular complexity index is 2230. The Morgan fingerprint density at radius 2 is 0.808 bits per heavy atom. The Hall–Kier alpha value is -4.11. The molecular weight excluding hydrogens is 807 g/mol. The van der Waals surface area contributed by atoms with Crippen LogP contribution in [0.4, 0.5) is 0 Å². The molecule has 0 saturated carbocycles. The summed E-state index contributed by atoms with van der Waals surface area (Å²) in [6.45, 7) is 19.1. The van der Waals surface area contributed by atoms with Gasteiger partial charge in [0.15, 0.2) is 0 Å². The van der Waals surface area contributed by atoms with E-state index in [4.69, 9.17) is 0 Å². The molecule has 0 amide bonds. The van der Waals surface area contributed by atoms with Crippen LogP contribution in [0.1, 0.15) is 74.1 Å². The van der Waals surface area contributed by atoms with Crippen molar-refractivity contribution < 1.29 is 20.6 Å². The van der Waals surface area contributed by atoms with Gasteiger partial charge in [-0.3, -0.25) is 0 Å². The molecule has 0 radical (unpaired) electrons. The van der Waals surface area contributed by atoms with Crippen LogP contribution in [-0.4, -0.2) is 5.98 Å². The minimum atomic E-state index is -2.74. The van der Waals surface area contributed by atoms with Crippen molar-refractivity contribution in [2.75, 3.05) is 0 Å². The molecule has 2 atom stereocenters. The molecule has 0 bridgehead atoms. The third-order valence-corrected chi connectivity index (χ3v) is 42.8. The molecule has 6 aromatic rings. The zero-order valence-corrected chi connectivity index (χ0v) is 36.7. The average Bonchev–Trinajstić information content (AvgIpc) is 3.74. The van der Waals surface area contributed by atoms with Gasteiger partial charge in [-0.25, -0.2) is 0 Å². The van der Waals surface area contributed by atoms with E-state index in [1.54, 1.807) is 22.3 Å². The minimum absolute atomic E-state index is 0.496. The summed E-state index contributed by atoms with van der Waals surface area (Å²) in [5.41, 5.74) is 25.9. The summed E-state index contributed by atoms with van der Waals surface area (Å²) in [6.07, 6.45) is 5.24. The molecule has 2 aliphatic carbocycles. The maximum absolute atomic E-state index is 2.74. The monoisotopic (exact) mass is 857 g/mol. The maximum atomic E-state index is 2.69. The van der Waals surface area contributed by atoms with E-state index >= 15 is 0 Å². The topological polar surface area (TPSA) is 0 Å². The van der Waals surface area contributed by atoms with Crippen LogP contribution in [0.5, 0.6) is 0 Å². The molecule has 0 heterocycles. The molecule has 0 saturated heterocycles. The molecule has 0 fully saturated rings. The fourth-order valence-corrected chi connectivity index (χ4v) is 40.6. The molecule has 257 valence electrons. The number of rotatable bonds is 7. The first-order valence-corrected chi connectivity index (χ1v) is 32.2. The first-order valence-electron chi connectivity index (χ1n) is 19.0. The van der Waals surface area contributed by atoms with Gasteiger partial charge in [-0.2, -0.15) is 0 Å². The van der Waals surface area contributed by atoms with Crippen LogP contribution in [0.3, 0.4) is 0 Å². The van der Waals surface area contributed by atoms with Crippen LogP contribution in [-0.2, 0) is 20.6 Å². The summed E-state index contributed by atoms with van der Waals surface area (Å²) in [5, 5.41) is 0.